The van der Waals surface area contributed by atoms with E-state index in [-0.39, 0.29) is 0 Å². The molecule has 1 aliphatic rings. The molecule has 0 atom stereocenters. The third-order valence-corrected chi connectivity index (χ3v) is 2.13. The Morgan fingerprint density at radius 1 is 1.50 bits per heavy atom. The van der Waals surface area contributed by atoms with Gasteiger partial charge in [-0.3, -0.25) is 4.79 Å². The first-order valence-electron chi connectivity index (χ1n) is 3.20. The molecule has 0 radical (unpaired) electrons. The van der Waals surface area contributed by atoms with Crippen LogP contribution >= 0.6 is 24.8 Å². The number of nitrogens with zero attached hydrogens (tertiary/aromatic N) is 1. The highest BCUT2D eigenvalue weighted by molar-refractivity contribution is 8.10. The summed E-state index contributed by atoms with van der Waals surface area (Å²) in [7, 11) is 0. The Morgan fingerprint density at radius 2 is 2.00 bits per heavy atom. The van der Waals surface area contributed by atoms with Crippen molar-refractivity contribution in [2.45, 2.75) is 12.8 Å². The quantitative estimate of drug-likeness (QED) is 0.436. The Bertz CT molecular complexity index is 159. The first-order valence-corrected chi connectivity index (χ1v) is 4.05. The summed E-state index contributed by atoms with van der Waals surface area (Å²) in [5.41, 5.74) is 0. The monoisotopic (exact) mass is 175 g/mol. The summed E-state index contributed by atoms with van der Waals surface area (Å²) in [5, 5.41) is 0. The number of hydrogen-bond donors (Lipinski definition) is 1. The largest absolute Gasteiger partial charge is 0.357 e. The smallest absolute Gasteiger partial charge is 0.136 e. The van der Waals surface area contributed by atoms with Gasteiger partial charge in [0.1, 0.15) is 10.1 Å². The Kier molecular flexibility index (Phi) is 2.68. The number of rotatable bonds is 0. The Balaban J connectivity index is 2.40. The van der Waals surface area contributed by atoms with Crippen molar-refractivity contribution in [1.29, 1.82) is 0 Å². The maximum Gasteiger partial charge on any atom is 0.136 e. The molecular formula is C6H9NOS2. The van der Waals surface area contributed by atoms with Crippen LogP contribution in [0, 0.1) is 0 Å². The van der Waals surface area contributed by atoms with Crippen molar-refractivity contribution in [3.63, 3.8) is 0 Å². The normalized spacial score (nSPS) is 19.3. The first-order chi connectivity index (χ1) is 4.70. The van der Waals surface area contributed by atoms with Crippen LogP contribution in [0.3, 0.4) is 0 Å². The lowest BCUT2D eigenvalue weighted by molar-refractivity contribution is -0.120. The highest BCUT2D eigenvalue weighted by Crippen LogP contribution is 2.07. The van der Waals surface area contributed by atoms with Crippen molar-refractivity contribution in [3.05, 3.63) is 0 Å². The van der Waals surface area contributed by atoms with Gasteiger partial charge in [0.2, 0.25) is 0 Å². The molecule has 0 amide bonds. The molecule has 0 aromatic heterocycles. The minimum atomic E-state index is 0.334. The predicted molar refractivity (Wildman–Crippen MR) is 47.4 cm³/mol. The fraction of sp³-hybridized carbons (Fsp3) is 0.667. The molecule has 4 heteroatoms. The Hall–Kier alpha value is -0.0900. The van der Waals surface area contributed by atoms with E-state index in [1.807, 2.05) is 4.90 Å². The zero-order chi connectivity index (χ0) is 7.56. The van der Waals surface area contributed by atoms with Gasteiger partial charge in [-0.15, -0.1) is 12.6 Å². The summed E-state index contributed by atoms with van der Waals surface area (Å²) >= 11 is 8.85. The third kappa shape index (κ3) is 1.95. The summed E-state index contributed by atoms with van der Waals surface area (Å²) in [6.07, 6.45) is 1.25. The standard InChI is InChI=1S/C6H9NOS2/c8-5-1-3-7(4-2-5)6(9)10/h1-4H2,(H,9,10). The molecule has 1 fully saturated rings. The second kappa shape index (κ2) is 3.34. The maximum absolute atomic E-state index is 10.7. The molecule has 0 spiro atoms. The molecule has 0 aromatic rings. The molecule has 10 heavy (non-hydrogen) atoms. The minimum absolute atomic E-state index is 0.334. The summed E-state index contributed by atoms with van der Waals surface area (Å²) in [5.74, 6) is 0.334. The van der Waals surface area contributed by atoms with Gasteiger partial charge in [-0.05, 0) is 0 Å². The van der Waals surface area contributed by atoms with Crippen LogP contribution in [-0.4, -0.2) is 28.1 Å². The molecule has 0 unspecified atom stereocenters. The topological polar surface area (TPSA) is 20.3 Å². The molecule has 0 N–H and O–H groups in total. The van der Waals surface area contributed by atoms with E-state index in [4.69, 9.17) is 12.2 Å². The lowest BCUT2D eigenvalue weighted by Crippen LogP contribution is -2.35. The van der Waals surface area contributed by atoms with E-state index in [2.05, 4.69) is 12.6 Å². The third-order valence-electron chi connectivity index (χ3n) is 1.59. The molecule has 0 bridgehead atoms. The molecule has 1 saturated heterocycles. The van der Waals surface area contributed by atoms with E-state index in [9.17, 15) is 4.79 Å². The van der Waals surface area contributed by atoms with E-state index < -0.39 is 0 Å². The molecule has 56 valence electrons. The van der Waals surface area contributed by atoms with Crippen molar-refractivity contribution >= 4 is 35.0 Å². The number of carbonyl (C=O) groups is 1. The average Bonchev–Trinajstić information content (AvgIpc) is 1.88. The fourth-order valence-electron chi connectivity index (χ4n) is 0.947. The van der Waals surface area contributed by atoms with Crippen LogP contribution in [0.4, 0.5) is 0 Å². The van der Waals surface area contributed by atoms with Crippen LogP contribution in [0.2, 0.25) is 0 Å². The molecule has 2 nitrogen and oxygen atoms in total. The highest BCUT2D eigenvalue weighted by Gasteiger charge is 2.15. The van der Waals surface area contributed by atoms with Crippen molar-refractivity contribution in [3.8, 4) is 0 Å². The number of hydrogen-bond acceptors (Lipinski definition) is 2. The highest BCUT2D eigenvalue weighted by atomic mass is 32.1. The molecular weight excluding hydrogens is 166 g/mol. The minimum Gasteiger partial charge on any atom is -0.357 e. The van der Waals surface area contributed by atoms with E-state index >= 15 is 0 Å². The van der Waals surface area contributed by atoms with Crippen molar-refractivity contribution in [2.75, 3.05) is 13.1 Å². The average molecular weight is 175 g/mol. The van der Waals surface area contributed by atoms with Crippen LogP contribution in [0.25, 0.3) is 0 Å². The van der Waals surface area contributed by atoms with E-state index in [0.717, 1.165) is 13.1 Å². The van der Waals surface area contributed by atoms with Crippen LogP contribution in [0.5, 0.6) is 0 Å². The number of carbonyl (C=O) groups excluding carboxylic acids is 1. The van der Waals surface area contributed by atoms with Crippen LogP contribution in [0.15, 0.2) is 0 Å². The van der Waals surface area contributed by atoms with E-state index in [1.165, 1.54) is 0 Å². The Labute approximate surface area is 71.0 Å². The second-order valence-corrected chi connectivity index (χ2v) is 3.42. The number of thiol groups is 1. The number of piperidine rings is 1. The number of likely N-dealkylation sites (tertiary alicyclic amines) is 1. The second-order valence-electron chi connectivity index (χ2n) is 2.31. The molecule has 1 heterocycles. The van der Waals surface area contributed by atoms with Gasteiger partial charge in [0.05, 0.1) is 0 Å². The molecule has 0 saturated carbocycles. The molecule has 1 aliphatic heterocycles. The zero-order valence-electron chi connectivity index (χ0n) is 5.54. The maximum atomic E-state index is 10.7. The summed E-state index contributed by atoms with van der Waals surface area (Å²) in [6.45, 7) is 1.50. The van der Waals surface area contributed by atoms with Gasteiger partial charge in [-0.1, -0.05) is 12.2 Å². The van der Waals surface area contributed by atoms with Crippen LogP contribution < -0.4 is 0 Å². The van der Waals surface area contributed by atoms with Gasteiger partial charge >= 0.3 is 0 Å². The summed E-state index contributed by atoms with van der Waals surface area (Å²) < 4.78 is 0.604. The van der Waals surface area contributed by atoms with Crippen LogP contribution in [-0.2, 0) is 4.79 Å². The SMILES string of the molecule is O=C1CCN(C(=S)S)CC1. The van der Waals surface area contributed by atoms with Crippen molar-refractivity contribution in [2.24, 2.45) is 0 Å². The zero-order valence-corrected chi connectivity index (χ0v) is 7.25. The van der Waals surface area contributed by atoms with Gasteiger partial charge in [-0.2, -0.15) is 0 Å². The van der Waals surface area contributed by atoms with Gasteiger partial charge in [0.25, 0.3) is 0 Å². The fourth-order valence-corrected chi connectivity index (χ4v) is 1.33. The van der Waals surface area contributed by atoms with Gasteiger partial charge in [-0.25, -0.2) is 0 Å². The van der Waals surface area contributed by atoms with Gasteiger partial charge < -0.3 is 4.90 Å². The molecule has 0 aromatic carbocycles. The number of thiocarbonyl (C=S) groups is 1. The van der Waals surface area contributed by atoms with E-state index in [0.29, 0.717) is 22.9 Å². The van der Waals surface area contributed by atoms with E-state index in [1.54, 1.807) is 0 Å². The van der Waals surface area contributed by atoms with Crippen molar-refractivity contribution < 1.29 is 4.79 Å². The molecule has 1 rings (SSSR count). The first kappa shape index (κ1) is 8.01. The Morgan fingerprint density at radius 3 is 2.40 bits per heavy atom. The lowest BCUT2D eigenvalue weighted by atomic mass is 10.1. The molecule has 0 aliphatic carbocycles. The van der Waals surface area contributed by atoms with Crippen LogP contribution in [0.1, 0.15) is 12.8 Å². The van der Waals surface area contributed by atoms with Gasteiger partial charge in [0, 0.05) is 25.9 Å². The predicted octanol–water partition coefficient (Wildman–Crippen LogP) is 0.866. The van der Waals surface area contributed by atoms with Crippen molar-refractivity contribution in [1.82, 2.24) is 4.90 Å². The van der Waals surface area contributed by atoms with Gasteiger partial charge in [0.15, 0.2) is 0 Å². The number of Topliss-reactive ketones (excluding diaryl/α,β-unsaturated/α-hetero) is 1. The lowest BCUT2D eigenvalue weighted by Gasteiger charge is -2.25. The summed E-state index contributed by atoms with van der Waals surface area (Å²) in [4.78, 5) is 12.7. The number of ketones is 1. The summed E-state index contributed by atoms with van der Waals surface area (Å²) in [6, 6.07) is 0.